The van der Waals surface area contributed by atoms with E-state index in [2.05, 4.69) is 15.0 Å². The predicted molar refractivity (Wildman–Crippen MR) is 92.8 cm³/mol. The van der Waals surface area contributed by atoms with Crippen LogP contribution in [0.2, 0.25) is 0 Å². The molecule has 0 saturated carbocycles. The van der Waals surface area contributed by atoms with Crippen molar-refractivity contribution in [3.05, 3.63) is 71.2 Å². The number of hydrogen-bond donors (Lipinski definition) is 0. The van der Waals surface area contributed by atoms with Gasteiger partial charge in [0.15, 0.2) is 0 Å². The highest BCUT2D eigenvalue weighted by Gasteiger charge is 2.20. The van der Waals surface area contributed by atoms with Gasteiger partial charge in [-0.25, -0.2) is 19.3 Å². The van der Waals surface area contributed by atoms with E-state index in [-0.39, 0.29) is 12.4 Å². The van der Waals surface area contributed by atoms with Crippen LogP contribution in [-0.4, -0.2) is 15.0 Å². The van der Waals surface area contributed by atoms with Crippen LogP contribution in [0.4, 0.5) is 4.39 Å². The lowest BCUT2D eigenvalue weighted by Gasteiger charge is -2.12. The highest BCUT2D eigenvalue weighted by Crippen LogP contribution is 2.33. The SMILES string of the molecule is Cc1ncc(-c2cc(OCc3cccc(F)c3)nc3c2CCC3)cn1. The average molecular weight is 335 g/mol. The van der Waals surface area contributed by atoms with Gasteiger partial charge >= 0.3 is 0 Å². The van der Waals surface area contributed by atoms with Gasteiger partial charge in [0.25, 0.3) is 0 Å². The van der Waals surface area contributed by atoms with E-state index < -0.39 is 0 Å². The Bertz CT molecular complexity index is 909. The number of nitrogens with zero attached hydrogens (tertiary/aromatic N) is 3. The molecule has 0 bridgehead atoms. The average Bonchev–Trinajstić information content (AvgIpc) is 3.09. The van der Waals surface area contributed by atoms with Crippen LogP contribution >= 0.6 is 0 Å². The minimum absolute atomic E-state index is 0.263. The van der Waals surface area contributed by atoms with Gasteiger partial charge in [-0.2, -0.15) is 0 Å². The summed E-state index contributed by atoms with van der Waals surface area (Å²) in [5.41, 5.74) is 5.17. The number of hydrogen-bond acceptors (Lipinski definition) is 4. The molecule has 2 aromatic heterocycles. The van der Waals surface area contributed by atoms with Gasteiger partial charge in [0.05, 0.1) is 0 Å². The fraction of sp³-hybridized carbons (Fsp3) is 0.250. The number of benzene rings is 1. The summed E-state index contributed by atoms with van der Waals surface area (Å²) < 4.78 is 19.1. The van der Waals surface area contributed by atoms with Crippen molar-refractivity contribution in [3.63, 3.8) is 0 Å². The summed E-state index contributed by atoms with van der Waals surface area (Å²) in [6, 6.07) is 8.36. The molecule has 0 spiro atoms. The lowest BCUT2D eigenvalue weighted by molar-refractivity contribution is 0.292. The van der Waals surface area contributed by atoms with Gasteiger partial charge in [0.1, 0.15) is 18.2 Å². The number of rotatable bonds is 4. The van der Waals surface area contributed by atoms with Gasteiger partial charge in [-0.1, -0.05) is 12.1 Å². The minimum atomic E-state index is -0.263. The Kier molecular flexibility index (Phi) is 4.14. The molecule has 0 amide bonds. The topological polar surface area (TPSA) is 47.9 Å². The largest absolute Gasteiger partial charge is 0.473 e. The molecule has 1 aromatic carbocycles. The van der Waals surface area contributed by atoms with Crippen LogP contribution in [0.5, 0.6) is 5.88 Å². The molecule has 3 aromatic rings. The fourth-order valence-corrected chi connectivity index (χ4v) is 3.16. The molecule has 2 heterocycles. The number of ether oxygens (including phenoxy) is 1. The summed E-state index contributed by atoms with van der Waals surface area (Å²) in [5, 5.41) is 0. The number of fused-ring (bicyclic) bond motifs is 1. The van der Waals surface area contributed by atoms with Crippen LogP contribution < -0.4 is 4.74 Å². The maximum Gasteiger partial charge on any atom is 0.214 e. The summed E-state index contributed by atoms with van der Waals surface area (Å²) >= 11 is 0. The number of halogens is 1. The Labute approximate surface area is 145 Å². The molecular formula is C20H18FN3O. The molecule has 25 heavy (non-hydrogen) atoms. The quantitative estimate of drug-likeness (QED) is 0.721. The van der Waals surface area contributed by atoms with Gasteiger partial charge in [-0.3, -0.25) is 0 Å². The highest BCUT2D eigenvalue weighted by molar-refractivity contribution is 5.68. The summed E-state index contributed by atoms with van der Waals surface area (Å²) in [4.78, 5) is 13.2. The smallest absolute Gasteiger partial charge is 0.214 e. The third-order valence-corrected chi connectivity index (χ3v) is 4.39. The van der Waals surface area contributed by atoms with Crippen molar-refractivity contribution in [2.24, 2.45) is 0 Å². The second kappa shape index (κ2) is 6.59. The van der Waals surface area contributed by atoms with Crippen molar-refractivity contribution in [3.8, 4) is 17.0 Å². The van der Waals surface area contributed by atoms with E-state index in [0.29, 0.717) is 5.88 Å². The van der Waals surface area contributed by atoms with E-state index in [1.807, 2.05) is 31.5 Å². The third-order valence-electron chi connectivity index (χ3n) is 4.39. The Hall–Kier alpha value is -2.82. The highest BCUT2D eigenvalue weighted by atomic mass is 19.1. The molecule has 0 atom stereocenters. The molecule has 0 aliphatic heterocycles. The molecule has 126 valence electrons. The molecule has 5 heteroatoms. The van der Waals surface area contributed by atoms with Crippen molar-refractivity contribution in [1.82, 2.24) is 15.0 Å². The lowest BCUT2D eigenvalue weighted by atomic mass is 10.0. The lowest BCUT2D eigenvalue weighted by Crippen LogP contribution is -2.01. The first-order valence-electron chi connectivity index (χ1n) is 8.38. The predicted octanol–water partition coefficient (Wildman–Crippen LogP) is 4.05. The van der Waals surface area contributed by atoms with Gasteiger partial charge in [0, 0.05) is 29.7 Å². The standard InChI is InChI=1S/C20H18FN3O/c1-13-22-10-15(11-23-13)18-9-20(24-19-7-3-6-17(18)19)25-12-14-4-2-5-16(21)8-14/h2,4-5,8-11H,3,6-7,12H2,1H3. The van der Waals surface area contributed by atoms with Gasteiger partial charge in [0.2, 0.25) is 5.88 Å². The molecule has 4 rings (SSSR count). The Morgan fingerprint density at radius 2 is 1.96 bits per heavy atom. The second-order valence-corrected chi connectivity index (χ2v) is 6.22. The van der Waals surface area contributed by atoms with E-state index in [4.69, 9.17) is 4.74 Å². The first-order chi connectivity index (χ1) is 12.2. The molecule has 4 nitrogen and oxygen atoms in total. The van der Waals surface area contributed by atoms with Crippen LogP contribution in [0.25, 0.3) is 11.1 Å². The van der Waals surface area contributed by atoms with E-state index in [1.54, 1.807) is 6.07 Å². The summed E-state index contributed by atoms with van der Waals surface area (Å²) in [6.45, 7) is 2.15. The summed E-state index contributed by atoms with van der Waals surface area (Å²) in [7, 11) is 0. The van der Waals surface area contributed by atoms with Crippen molar-refractivity contribution in [2.45, 2.75) is 32.8 Å². The normalized spacial score (nSPS) is 12.9. The molecular weight excluding hydrogens is 317 g/mol. The monoisotopic (exact) mass is 335 g/mol. The van der Waals surface area contributed by atoms with Crippen molar-refractivity contribution in [2.75, 3.05) is 0 Å². The second-order valence-electron chi connectivity index (χ2n) is 6.22. The number of aryl methyl sites for hydroxylation is 2. The number of pyridine rings is 1. The Morgan fingerprint density at radius 1 is 1.12 bits per heavy atom. The first kappa shape index (κ1) is 15.7. The molecule has 0 N–H and O–H groups in total. The molecule has 0 unspecified atom stereocenters. The van der Waals surface area contributed by atoms with Crippen LogP contribution in [0.3, 0.4) is 0 Å². The molecule has 0 fully saturated rings. The minimum Gasteiger partial charge on any atom is -0.473 e. The van der Waals surface area contributed by atoms with Crippen molar-refractivity contribution >= 4 is 0 Å². The zero-order valence-electron chi connectivity index (χ0n) is 14.0. The number of aromatic nitrogens is 3. The van der Waals surface area contributed by atoms with Crippen molar-refractivity contribution in [1.29, 1.82) is 0 Å². The molecule has 1 aliphatic rings. The first-order valence-corrected chi connectivity index (χ1v) is 8.38. The van der Waals surface area contributed by atoms with E-state index in [0.717, 1.165) is 47.5 Å². The molecule has 0 saturated heterocycles. The third kappa shape index (κ3) is 3.36. The Balaban J connectivity index is 1.65. The summed E-state index contributed by atoms with van der Waals surface area (Å²) in [5.74, 6) is 1.04. The van der Waals surface area contributed by atoms with Gasteiger partial charge in [-0.05, 0) is 55.0 Å². The zero-order valence-corrected chi connectivity index (χ0v) is 14.0. The van der Waals surface area contributed by atoms with Gasteiger partial charge in [-0.15, -0.1) is 0 Å². The van der Waals surface area contributed by atoms with Crippen molar-refractivity contribution < 1.29 is 9.13 Å². The van der Waals surface area contributed by atoms with Crippen LogP contribution in [0.15, 0.2) is 42.7 Å². The molecule has 0 radical (unpaired) electrons. The van der Waals surface area contributed by atoms with Gasteiger partial charge < -0.3 is 4.74 Å². The summed E-state index contributed by atoms with van der Waals surface area (Å²) in [6.07, 6.45) is 6.73. The van der Waals surface area contributed by atoms with Crippen LogP contribution in [0.1, 0.15) is 29.1 Å². The van der Waals surface area contributed by atoms with E-state index >= 15 is 0 Å². The fourth-order valence-electron chi connectivity index (χ4n) is 3.16. The van der Waals surface area contributed by atoms with Crippen LogP contribution in [-0.2, 0) is 19.4 Å². The van der Waals surface area contributed by atoms with E-state index in [9.17, 15) is 4.39 Å². The van der Waals surface area contributed by atoms with Crippen LogP contribution in [0, 0.1) is 12.7 Å². The maximum absolute atomic E-state index is 13.3. The van der Waals surface area contributed by atoms with E-state index in [1.165, 1.54) is 17.7 Å². The zero-order chi connectivity index (χ0) is 17.2. The molecule has 1 aliphatic carbocycles. The maximum atomic E-state index is 13.3. The Morgan fingerprint density at radius 3 is 2.76 bits per heavy atom.